The molecule has 0 aliphatic carbocycles. The average Bonchev–Trinajstić information content (AvgIpc) is 2.91. The molecule has 18 heavy (non-hydrogen) atoms. The van der Waals surface area contributed by atoms with Crippen molar-refractivity contribution in [2.75, 3.05) is 26.3 Å². The van der Waals surface area contributed by atoms with Crippen molar-refractivity contribution in [1.29, 1.82) is 0 Å². The molecule has 1 fully saturated rings. The summed E-state index contributed by atoms with van der Waals surface area (Å²) >= 11 is 0. The van der Waals surface area contributed by atoms with Crippen molar-refractivity contribution in [2.45, 2.75) is 18.8 Å². The van der Waals surface area contributed by atoms with Crippen molar-refractivity contribution in [1.82, 2.24) is 5.32 Å². The van der Waals surface area contributed by atoms with Gasteiger partial charge >= 0.3 is 0 Å². The summed E-state index contributed by atoms with van der Waals surface area (Å²) in [7, 11) is 0. The third-order valence-corrected chi connectivity index (χ3v) is 3.48. The van der Waals surface area contributed by atoms with Crippen LogP contribution in [0.15, 0.2) is 12.1 Å². The molecule has 1 atom stereocenters. The summed E-state index contributed by atoms with van der Waals surface area (Å²) < 4.78 is 37.1. The second-order valence-electron chi connectivity index (χ2n) is 4.62. The first-order valence-corrected chi connectivity index (χ1v) is 6.18. The van der Waals surface area contributed by atoms with Gasteiger partial charge in [0.05, 0.1) is 0 Å². The van der Waals surface area contributed by atoms with Crippen LogP contribution in [0.1, 0.15) is 29.9 Å². The number of nitrogens with one attached hydrogen (secondary N) is 1. The highest BCUT2D eigenvalue weighted by Gasteiger charge is 2.26. The Balaban J connectivity index is 2.03. The molecule has 5 heteroatoms. The maximum atomic E-state index is 13.1. The lowest BCUT2D eigenvalue weighted by molar-refractivity contribution is 0.145. The maximum absolute atomic E-state index is 13.1. The van der Waals surface area contributed by atoms with Gasteiger partial charge in [-0.25, -0.2) is 8.78 Å². The molecule has 0 bridgehead atoms. The summed E-state index contributed by atoms with van der Waals surface area (Å²) in [4.78, 5) is 0. The average molecular weight is 255 g/mol. The number of benzene rings is 1. The minimum absolute atomic E-state index is 0.0768. The van der Waals surface area contributed by atoms with Gasteiger partial charge in [-0.15, -0.1) is 0 Å². The minimum Gasteiger partial charge on any atom is -0.486 e. The number of hydrogen-bond donors (Lipinski definition) is 1. The number of halogens is 2. The predicted octanol–water partition coefficient (Wildman–Crippen LogP) is 2.47. The van der Waals surface area contributed by atoms with Crippen molar-refractivity contribution in [3.8, 4) is 11.5 Å². The summed E-state index contributed by atoms with van der Waals surface area (Å²) in [5.41, 5.74) is 0.771. The number of fused-ring (bicyclic) bond motifs is 1. The summed E-state index contributed by atoms with van der Waals surface area (Å²) in [6.45, 7) is 2.52. The zero-order chi connectivity index (χ0) is 12.5. The monoisotopic (exact) mass is 255 g/mol. The molecule has 1 aromatic carbocycles. The molecule has 1 saturated heterocycles. The lowest BCUT2D eigenvalue weighted by atomic mass is 9.93. The van der Waals surface area contributed by atoms with E-state index in [2.05, 4.69) is 5.32 Å². The van der Waals surface area contributed by atoms with Crippen LogP contribution < -0.4 is 14.8 Å². The Morgan fingerprint density at radius 1 is 1.17 bits per heavy atom. The van der Waals surface area contributed by atoms with Gasteiger partial charge in [-0.3, -0.25) is 0 Å². The highest BCUT2D eigenvalue weighted by atomic mass is 19.3. The van der Waals surface area contributed by atoms with Gasteiger partial charge < -0.3 is 14.8 Å². The molecule has 1 N–H and O–H groups in total. The maximum Gasteiger partial charge on any atom is 0.264 e. The molecule has 0 saturated carbocycles. The molecule has 3 nitrogen and oxygen atoms in total. The van der Waals surface area contributed by atoms with E-state index < -0.39 is 6.43 Å². The topological polar surface area (TPSA) is 30.5 Å². The lowest BCUT2D eigenvalue weighted by Crippen LogP contribution is -2.17. The fourth-order valence-electron chi connectivity index (χ4n) is 2.58. The Morgan fingerprint density at radius 2 is 1.89 bits per heavy atom. The van der Waals surface area contributed by atoms with Crippen molar-refractivity contribution in [3.05, 3.63) is 23.3 Å². The molecule has 1 unspecified atom stereocenters. The van der Waals surface area contributed by atoms with Crippen LogP contribution in [0.3, 0.4) is 0 Å². The first-order valence-electron chi connectivity index (χ1n) is 6.18. The van der Waals surface area contributed by atoms with E-state index in [-0.39, 0.29) is 11.5 Å². The Kier molecular flexibility index (Phi) is 3.07. The van der Waals surface area contributed by atoms with Crippen LogP contribution >= 0.6 is 0 Å². The molecule has 3 rings (SSSR count). The van der Waals surface area contributed by atoms with Crippen LogP contribution in [0.25, 0.3) is 0 Å². The Bertz CT molecular complexity index is 445. The molecule has 0 aromatic heterocycles. The predicted molar refractivity (Wildman–Crippen MR) is 62.6 cm³/mol. The van der Waals surface area contributed by atoms with Crippen molar-refractivity contribution < 1.29 is 18.3 Å². The first kappa shape index (κ1) is 11.7. The van der Waals surface area contributed by atoms with E-state index in [1.54, 1.807) is 6.07 Å². The normalized spacial score (nSPS) is 22.5. The van der Waals surface area contributed by atoms with Gasteiger partial charge in [-0.05, 0) is 36.6 Å². The zero-order valence-electron chi connectivity index (χ0n) is 9.92. The van der Waals surface area contributed by atoms with Gasteiger partial charge in [0, 0.05) is 12.1 Å². The van der Waals surface area contributed by atoms with Crippen molar-refractivity contribution in [3.63, 3.8) is 0 Å². The van der Waals surface area contributed by atoms with Crippen LogP contribution in [0.5, 0.6) is 11.5 Å². The molecule has 2 heterocycles. The zero-order valence-corrected chi connectivity index (χ0v) is 9.92. The van der Waals surface area contributed by atoms with E-state index in [1.807, 2.05) is 0 Å². The largest absolute Gasteiger partial charge is 0.486 e. The highest BCUT2D eigenvalue weighted by molar-refractivity contribution is 5.50. The number of ether oxygens (including phenoxy) is 2. The Hall–Kier alpha value is -1.36. The number of rotatable bonds is 2. The van der Waals surface area contributed by atoms with E-state index in [1.165, 1.54) is 6.07 Å². The minimum atomic E-state index is -2.48. The molecular formula is C13H15F2NO2. The molecule has 0 radical (unpaired) electrons. The van der Waals surface area contributed by atoms with Gasteiger partial charge in [0.25, 0.3) is 6.43 Å². The molecule has 2 aliphatic rings. The standard InChI is InChI=1S/C13H15F2NO2/c14-13(15)10-6-12-11(17-3-4-18-12)5-9(10)8-1-2-16-7-8/h5-6,8,13,16H,1-4,7H2. The molecule has 0 amide bonds. The van der Waals surface area contributed by atoms with Gasteiger partial charge in [-0.2, -0.15) is 0 Å². The molecule has 2 aliphatic heterocycles. The smallest absolute Gasteiger partial charge is 0.264 e. The van der Waals surface area contributed by atoms with Gasteiger partial charge in [0.2, 0.25) is 0 Å². The summed E-state index contributed by atoms with van der Waals surface area (Å²) in [5.74, 6) is 1.17. The lowest BCUT2D eigenvalue weighted by Gasteiger charge is -2.23. The van der Waals surface area contributed by atoms with Crippen LogP contribution in [0.4, 0.5) is 8.78 Å². The van der Waals surface area contributed by atoms with Crippen LogP contribution in [0, 0.1) is 0 Å². The van der Waals surface area contributed by atoms with Crippen LogP contribution in [-0.2, 0) is 0 Å². The second-order valence-corrected chi connectivity index (χ2v) is 4.62. The summed E-state index contributed by atoms with van der Waals surface area (Å²) in [5, 5.41) is 3.20. The second kappa shape index (κ2) is 4.72. The van der Waals surface area contributed by atoms with E-state index in [0.29, 0.717) is 30.3 Å². The van der Waals surface area contributed by atoms with Gasteiger partial charge in [0.1, 0.15) is 13.2 Å². The van der Waals surface area contributed by atoms with Crippen LogP contribution in [-0.4, -0.2) is 26.3 Å². The molecule has 1 aromatic rings. The van der Waals surface area contributed by atoms with Crippen molar-refractivity contribution >= 4 is 0 Å². The molecular weight excluding hydrogens is 240 g/mol. The SMILES string of the molecule is FC(F)c1cc2c(cc1C1CCNC1)OCCO2. The van der Waals surface area contributed by atoms with E-state index >= 15 is 0 Å². The van der Waals surface area contributed by atoms with E-state index in [9.17, 15) is 8.78 Å². The first-order chi connectivity index (χ1) is 8.75. The Morgan fingerprint density at radius 3 is 2.50 bits per heavy atom. The fourth-order valence-corrected chi connectivity index (χ4v) is 2.58. The van der Waals surface area contributed by atoms with Gasteiger partial charge in [0.15, 0.2) is 11.5 Å². The van der Waals surface area contributed by atoms with E-state index in [0.717, 1.165) is 19.5 Å². The molecule has 0 spiro atoms. The number of alkyl halides is 2. The third-order valence-electron chi connectivity index (χ3n) is 3.48. The van der Waals surface area contributed by atoms with E-state index in [4.69, 9.17) is 9.47 Å². The Labute approximate surface area is 104 Å². The fraction of sp³-hybridized carbons (Fsp3) is 0.538. The number of hydrogen-bond acceptors (Lipinski definition) is 3. The van der Waals surface area contributed by atoms with Gasteiger partial charge in [-0.1, -0.05) is 0 Å². The van der Waals surface area contributed by atoms with Crippen molar-refractivity contribution in [2.24, 2.45) is 0 Å². The summed E-state index contributed by atoms with van der Waals surface area (Å²) in [6, 6.07) is 3.17. The summed E-state index contributed by atoms with van der Waals surface area (Å²) in [6.07, 6.45) is -1.59. The van der Waals surface area contributed by atoms with Crippen LogP contribution in [0.2, 0.25) is 0 Å². The highest BCUT2D eigenvalue weighted by Crippen LogP contribution is 2.40. The quantitative estimate of drug-likeness (QED) is 0.880. The third kappa shape index (κ3) is 2.03. The molecule has 98 valence electrons.